The largest absolute Gasteiger partial charge is 0.506 e. The maximum Gasteiger partial charge on any atom is 0.416 e. The number of ketones is 1. The molecule has 27 heavy (non-hydrogen) atoms. The number of hydrogen-bond acceptors (Lipinski definition) is 5. The summed E-state index contributed by atoms with van der Waals surface area (Å²) in [6.45, 7) is 1.84. The van der Waals surface area contributed by atoms with Gasteiger partial charge in [-0.15, -0.1) is 0 Å². The van der Waals surface area contributed by atoms with E-state index in [0.29, 0.717) is 11.3 Å². The maximum atomic E-state index is 12.8. The molecule has 0 bridgehead atoms. The molecular weight excluding hydrogens is 363 g/mol. The average Bonchev–Trinajstić information content (AvgIpc) is 2.61. The van der Waals surface area contributed by atoms with Crippen molar-refractivity contribution in [2.75, 3.05) is 6.61 Å². The van der Waals surface area contributed by atoms with Crippen LogP contribution in [0.25, 0.3) is 0 Å². The fraction of sp³-hybridized carbons (Fsp3) is 0.316. The minimum absolute atomic E-state index is 0.0579. The fourth-order valence-corrected chi connectivity index (χ4v) is 2.43. The van der Waals surface area contributed by atoms with E-state index in [2.05, 4.69) is 4.98 Å². The molecule has 1 N–H and O–H groups in total. The molecule has 1 heterocycles. The number of esters is 1. The molecule has 5 nitrogen and oxygen atoms in total. The standard InChI is InChI=1S/C19H18F3NO4/c1-2-27-17(26)9-8-16(25)18-15(24)7-6-14(23-18)11-12-4-3-5-13(10-12)19(20,21)22/h3-7,10,24H,2,8-9,11H2,1H3. The van der Waals surface area contributed by atoms with Gasteiger partial charge in [-0.05, 0) is 30.7 Å². The Morgan fingerprint density at radius 1 is 1.15 bits per heavy atom. The van der Waals surface area contributed by atoms with Crippen molar-refractivity contribution >= 4 is 11.8 Å². The summed E-state index contributed by atoms with van der Waals surface area (Å²) in [4.78, 5) is 27.6. The SMILES string of the molecule is CCOC(=O)CCC(=O)c1nc(Cc2cccc(C(F)(F)F)c2)ccc1O. The number of ether oxygens (including phenoxy) is 1. The van der Waals surface area contributed by atoms with Crippen molar-refractivity contribution in [2.24, 2.45) is 0 Å². The highest BCUT2D eigenvalue weighted by molar-refractivity contribution is 5.98. The Labute approximate surface area is 153 Å². The number of Topliss-reactive ketones (excluding diaryl/α,β-unsaturated/α-hetero) is 1. The van der Waals surface area contributed by atoms with Gasteiger partial charge < -0.3 is 9.84 Å². The first-order chi connectivity index (χ1) is 12.7. The molecule has 0 spiro atoms. The normalized spacial score (nSPS) is 11.3. The van der Waals surface area contributed by atoms with Crippen molar-refractivity contribution in [3.05, 3.63) is 58.9 Å². The number of carbonyl (C=O) groups excluding carboxylic acids is 2. The van der Waals surface area contributed by atoms with Crippen molar-refractivity contribution in [1.82, 2.24) is 4.98 Å². The van der Waals surface area contributed by atoms with E-state index in [1.807, 2.05) is 0 Å². The zero-order chi connectivity index (χ0) is 20.0. The number of aromatic nitrogens is 1. The molecule has 144 valence electrons. The van der Waals surface area contributed by atoms with E-state index >= 15 is 0 Å². The number of benzene rings is 1. The summed E-state index contributed by atoms with van der Waals surface area (Å²) in [5.41, 5.74) is -0.298. The van der Waals surface area contributed by atoms with Gasteiger partial charge >= 0.3 is 12.1 Å². The van der Waals surface area contributed by atoms with Crippen molar-refractivity contribution in [3.63, 3.8) is 0 Å². The maximum absolute atomic E-state index is 12.8. The van der Waals surface area contributed by atoms with Gasteiger partial charge in [0.2, 0.25) is 0 Å². The average molecular weight is 381 g/mol. The van der Waals surface area contributed by atoms with Gasteiger partial charge in [-0.2, -0.15) is 13.2 Å². The first-order valence-electron chi connectivity index (χ1n) is 8.24. The van der Waals surface area contributed by atoms with Crippen LogP contribution in [0.2, 0.25) is 0 Å². The van der Waals surface area contributed by atoms with Gasteiger partial charge in [0.1, 0.15) is 11.4 Å². The molecule has 0 fully saturated rings. The van der Waals surface area contributed by atoms with Gasteiger partial charge in [0.25, 0.3) is 0 Å². The van der Waals surface area contributed by atoms with Gasteiger partial charge in [0, 0.05) is 18.5 Å². The molecule has 0 radical (unpaired) electrons. The zero-order valence-corrected chi connectivity index (χ0v) is 14.5. The molecule has 1 aromatic heterocycles. The fourth-order valence-electron chi connectivity index (χ4n) is 2.43. The third-order valence-corrected chi connectivity index (χ3v) is 3.70. The van der Waals surface area contributed by atoms with Crippen LogP contribution in [-0.2, 0) is 22.1 Å². The summed E-state index contributed by atoms with van der Waals surface area (Å²) < 4.78 is 43.1. The molecule has 0 aliphatic rings. The van der Waals surface area contributed by atoms with Gasteiger partial charge in [-0.1, -0.05) is 18.2 Å². The minimum Gasteiger partial charge on any atom is -0.506 e. The topological polar surface area (TPSA) is 76.5 Å². The molecule has 0 aliphatic heterocycles. The lowest BCUT2D eigenvalue weighted by Gasteiger charge is -2.10. The Morgan fingerprint density at radius 2 is 1.89 bits per heavy atom. The van der Waals surface area contributed by atoms with E-state index in [9.17, 15) is 27.9 Å². The van der Waals surface area contributed by atoms with Crippen molar-refractivity contribution in [2.45, 2.75) is 32.4 Å². The summed E-state index contributed by atoms with van der Waals surface area (Å²) >= 11 is 0. The molecule has 0 saturated carbocycles. The van der Waals surface area contributed by atoms with E-state index in [1.165, 1.54) is 24.3 Å². The molecular formula is C19H18F3NO4. The number of pyridine rings is 1. The molecule has 0 saturated heterocycles. The van der Waals surface area contributed by atoms with Crippen LogP contribution in [0.3, 0.4) is 0 Å². The first kappa shape index (κ1) is 20.4. The van der Waals surface area contributed by atoms with Crippen LogP contribution in [0.4, 0.5) is 13.2 Å². The van der Waals surface area contributed by atoms with Crippen LogP contribution in [0, 0.1) is 0 Å². The third kappa shape index (κ3) is 5.80. The van der Waals surface area contributed by atoms with Crippen molar-refractivity contribution in [3.8, 4) is 5.75 Å². The second-order valence-corrected chi connectivity index (χ2v) is 5.77. The van der Waals surface area contributed by atoms with E-state index in [0.717, 1.165) is 12.1 Å². The van der Waals surface area contributed by atoms with Gasteiger partial charge in [0.05, 0.1) is 18.6 Å². The van der Waals surface area contributed by atoms with E-state index < -0.39 is 23.5 Å². The highest BCUT2D eigenvalue weighted by Crippen LogP contribution is 2.30. The molecule has 1 aromatic carbocycles. The second kappa shape index (κ2) is 8.66. The third-order valence-electron chi connectivity index (χ3n) is 3.70. The number of carbonyl (C=O) groups is 2. The summed E-state index contributed by atoms with van der Waals surface area (Å²) in [5.74, 6) is -1.44. The molecule has 8 heteroatoms. The highest BCUT2D eigenvalue weighted by Gasteiger charge is 2.30. The number of rotatable bonds is 7. The van der Waals surface area contributed by atoms with E-state index in [1.54, 1.807) is 6.92 Å². The van der Waals surface area contributed by atoms with Crippen LogP contribution in [0.5, 0.6) is 5.75 Å². The molecule has 2 rings (SSSR count). The summed E-state index contributed by atoms with van der Waals surface area (Å²) in [5, 5.41) is 9.84. The van der Waals surface area contributed by atoms with Crippen LogP contribution in [0.1, 0.15) is 47.1 Å². The van der Waals surface area contributed by atoms with Crippen molar-refractivity contribution in [1.29, 1.82) is 0 Å². The Bertz CT molecular complexity index is 834. The monoisotopic (exact) mass is 381 g/mol. The Kier molecular flexibility index (Phi) is 6.55. The lowest BCUT2D eigenvalue weighted by atomic mass is 10.0. The minimum atomic E-state index is -4.45. The summed E-state index contributed by atoms with van der Waals surface area (Å²) in [7, 11) is 0. The second-order valence-electron chi connectivity index (χ2n) is 5.77. The smallest absolute Gasteiger partial charge is 0.416 e. The Hall–Kier alpha value is -2.90. The molecule has 2 aromatic rings. The quantitative estimate of drug-likeness (QED) is 0.581. The predicted molar refractivity (Wildman–Crippen MR) is 90.3 cm³/mol. The number of alkyl halides is 3. The highest BCUT2D eigenvalue weighted by atomic mass is 19.4. The lowest BCUT2D eigenvalue weighted by molar-refractivity contribution is -0.143. The Morgan fingerprint density at radius 3 is 2.56 bits per heavy atom. The predicted octanol–water partition coefficient (Wildman–Crippen LogP) is 3.92. The summed E-state index contributed by atoms with van der Waals surface area (Å²) in [6, 6.07) is 7.48. The zero-order valence-electron chi connectivity index (χ0n) is 14.5. The number of hydrogen-bond donors (Lipinski definition) is 1. The number of halogens is 3. The Balaban J connectivity index is 2.15. The van der Waals surface area contributed by atoms with Crippen LogP contribution < -0.4 is 0 Å². The van der Waals surface area contributed by atoms with Gasteiger partial charge in [-0.25, -0.2) is 4.98 Å². The molecule has 0 aliphatic carbocycles. The van der Waals surface area contributed by atoms with E-state index in [4.69, 9.17) is 4.74 Å². The molecule has 0 atom stereocenters. The lowest BCUT2D eigenvalue weighted by Crippen LogP contribution is -2.10. The van der Waals surface area contributed by atoms with Gasteiger partial charge in [0.15, 0.2) is 5.78 Å². The number of aromatic hydroxyl groups is 1. The summed E-state index contributed by atoms with van der Waals surface area (Å²) in [6.07, 6.45) is -4.73. The van der Waals surface area contributed by atoms with E-state index in [-0.39, 0.29) is 37.3 Å². The molecule has 0 amide bonds. The molecule has 0 unspecified atom stereocenters. The van der Waals surface area contributed by atoms with Crippen molar-refractivity contribution < 1.29 is 32.6 Å². The van der Waals surface area contributed by atoms with Crippen LogP contribution >= 0.6 is 0 Å². The first-order valence-corrected chi connectivity index (χ1v) is 8.24. The van der Waals surface area contributed by atoms with Gasteiger partial charge in [-0.3, -0.25) is 9.59 Å². The van der Waals surface area contributed by atoms with Crippen LogP contribution in [0.15, 0.2) is 36.4 Å². The van der Waals surface area contributed by atoms with Crippen LogP contribution in [-0.4, -0.2) is 28.4 Å². The number of nitrogens with zero attached hydrogens (tertiary/aromatic N) is 1.